The summed E-state index contributed by atoms with van der Waals surface area (Å²) in [5.74, 6) is -1.77. The number of anilines is 2. The lowest BCUT2D eigenvalue weighted by atomic mass is 10.1. The van der Waals surface area contributed by atoms with E-state index >= 15 is 0 Å². The fraction of sp³-hybridized carbons (Fsp3) is 0.211. The van der Waals surface area contributed by atoms with Crippen molar-refractivity contribution >= 4 is 34.8 Å². The Bertz CT molecular complexity index is 955. The fourth-order valence-corrected chi connectivity index (χ4v) is 2.38. The minimum atomic E-state index is -0.767. The SMILES string of the molecule is CC(=O)Nc1cccc(C(=O)OCC(=O)Nc2cc(C)c(C)cc2[N+](=O)[O-])c1. The van der Waals surface area contributed by atoms with Crippen molar-refractivity contribution in [2.75, 3.05) is 17.2 Å². The van der Waals surface area contributed by atoms with Crippen LogP contribution in [0, 0.1) is 24.0 Å². The number of carbonyl (C=O) groups excluding carboxylic acids is 3. The Morgan fingerprint density at radius 3 is 2.39 bits per heavy atom. The first-order valence-electron chi connectivity index (χ1n) is 8.27. The third kappa shape index (κ3) is 5.37. The minimum absolute atomic E-state index is 0.0294. The van der Waals surface area contributed by atoms with Crippen molar-refractivity contribution in [3.05, 3.63) is 63.2 Å². The van der Waals surface area contributed by atoms with E-state index in [2.05, 4.69) is 10.6 Å². The van der Waals surface area contributed by atoms with Crippen molar-refractivity contribution in [2.24, 2.45) is 0 Å². The van der Waals surface area contributed by atoms with Crippen molar-refractivity contribution in [3.8, 4) is 0 Å². The maximum absolute atomic E-state index is 12.1. The molecule has 146 valence electrons. The first-order chi connectivity index (χ1) is 13.2. The van der Waals surface area contributed by atoms with Crippen LogP contribution in [-0.2, 0) is 14.3 Å². The maximum atomic E-state index is 12.1. The average molecular weight is 385 g/mol. The zero-order chi connectivity index (χ0) is 20.8. The van der Waals surface area contributed by atoms with Gasteiger partial charge in [-0.15, -0.1) is 0 Å². The summed E-state index contributed by atoms with van der Waals surface area (Å²) >= 11 is 0. The molecule has 28 heavy (non-hydrogen) atoms. The van der Waals surface area contributed by atoms with Gasteiger partial charge in [-0.2, -0.15) is 0 Å². The molecule has 0 aromatic heterocycles. The Hall–Kier alpha value is -3.75. The number of hydrogen-bond acceptors (Lipinski definition) is 6. The quantitative estimate of drug-likeness (QED) is 0.447. The summed E-state index contributed by atoms with van der Waals surface area (Å²) in [5.41, 5.74) is 1.84. The Kier molecular flexibility index (Phi) is 6.43. The number of nitrogens with zero attached hydrogens (tertiary/aromatic N) is 1. The molecule has 0 saturated carbocycles. The second kappa shape index (κ2) is 8.76. The van der Waals surface area contributed by atoms with Gasteiger partial charge in [0, 0.05) is 18.7 Å². The van der Waals surface area contributed by atoms with E-state index in [0.29, 0.717) is 5.69 Å². The summed E-state index contributed by atoms with van der Waals surface area (Å²) in [5, 5.41) is 16.1. The number of hydrogen-bond donors (Lipinski definition) is 2. The molecular formula is C19H19N3O6. The summed E-state index contributed by atoms with van der Waals surface area (Å²) in [6.07, 6.45) is 0. The third-order valence-electron chi connectivity index (χ3n) is 3.84. The van der Waals surface area contributed by atoms with Gasteiger partial charge >= 0.3 is 5.97 Å². The molecule has 9 heteroatoms. The Balaban J connectivity index is 2.03. The van der Waals surface area contributed by atoms with Crippen LogP contribution < -0.4 is 10.6 Å². The molecule has 2 amide bonds. The summed E-state index contributed by atoms with van der Waals surface area (Å²) < 4.78 is 4.94. The van der Waals surface area contributed by atoms with E-state index in [9.17, 15) is 24.5 Å². The predicted octanol–water partition coefficient (Wildman–Crippen LogP) is 2.97. The fourth-order valence-electron chi connectivity index (χ4n) is 2.38. The van der Waals surface area contributed by atoms with Crippen molar-refractivity contribution in [1.29, 1.82) is 0 Å². The largest absolute Gasteiger partial charge is 0.452 e. The van der Waals surface area contributed by atoms with E-state index in [0.717, 1.165) is 11.1 Å². The maximum Gasteiger partial charge on any atom is 0.338 e. The standard InChI is InChI=1S/C19H19N3O6/c1-11-7-16(17(22(26)27)8-12(11)2)21-18(24)10-28-19(25)14-5-4-6-15(9-14)20-13(3)23/h4-9H,10H2,1-3H3,(H,20,23)(H,21,24). The van der Waals surface area contributed by atoms with E-state index in [1.54, 1.807) is 26.0 Å². The van der Waals surface area contributed by atoms with E-state index < -0.39 is 23.4 Å². The summed E-state index contributed by atoms with van der Waals surface area (Å²) in [6.45, 7) is 4.20. The summed E-state index contributed by atoms with van der Waals surface area (Å²) in [6, 6.07) is 8.90. The van der Waals surface area contributed by atoms with Crippen molar-refractivity contribution in [2.45, 2.75) is 20.8 Å². The number of ether oxygens (including phenoxy) is 1. The van der Waals surface area contributed by atoms with Crippen LogP contribution in [0.3, 0.4) is 0 Å². The minimum Gasteiger partial charge on any atom is -0.452 e. The number of amides is 2. The molecule has 0 spiro atoms. The van der Waals surface area contributed by atoms with Gasteiger partial charge in [0.2, 0.25) is 5.91 Å². The Morgan fingerprint density at radius 2 is 1.75 bits per heavy atom. The topological polar surface area (TPSA) is 128 Å². The molecule has 2 N–H and O–H groups in total. The highest BCUT2D eigenvalue weighted by atomic mass is 16.6. The van der Waals surface area contributed by atoms with Crippen LogP contribution in [0.4, 0.5) is 17.1 Å². The molecule has 0 saturated heterocycles. The second-order valence-electron chi connectivity index (χ2n) is 6.10. The molecular weight excluding hydrogens is 366 g/mol. The van der Waals surface area contributed by atoms with Gasteiger partial charge in [0.1, 0.15) is 5.69 Å². The van der Waals surface area contributed by atoms with Gasteiger partial charge in [0.25, 0.3) is 11.6 Å². The van der Waals surface area contributed by atoms with Gasteiger partial charge in [-0.25, -0.2) is 4.79 Å². The van der Waals surface area contributed by atoms with Crippen LogP contribution in [0.15, 0.2) is 36.4 Å². The predicted molar refractivity (Wildman–Crippen MR) is 102 cm³/mol. The van der Waals surface area contributed by atoms with Crippen molar-refractivity contribution in [1.82, 2.24) is 0 Å². The smallest absolute Gasteiger partial charge is 0.338 e. The van der Waals surface area contributed by atoms with Crippen LogP contribution >= 0.6 is 0 Å². The van der Waals surface area contributed by atoms with Gasteiger partial charge in [-0.05, 0) is 49.2 Å². The van der Waals surface area contributed by atoms with Crippen LogP contribution in [0.2, 0.25) is 0 Å². The number of benzene rings is 2. The zero-order valence-corrected chi connectivity index (χ0v) is 15.6. The van der Waals surface area contributed by atoms with Gasteiger partial charge in [-0.1, -0.05) is 6.07 Å². The second-order valence-corrected chi connectivity index (χ2v) is 6.10. The summed E-state index contributed by atoms with van der Waals surface area (Å²) in [7, 11) is 0. The average Bonchev–Trinajstić information content (AvgIpc) is 2.62. The number of rotatable bonds is 6. The molecule has 0 aliphatic rings. The molecule has 0 radical (unpaired) electrons. The Morgan fingerprint density at radius 1 is 1.07 bits per heavy atom. The third-order valence-corrected chi connectivity index (χ3v) is 3.84. The highest BCUT2D eigenvalue weighted by Crippen LogP contribution is 2.27. The number of nitro groups is 1. The first kappa shape index (κ1) is 20.6. The lowest BCUT2D eigenvalue weighted by Crippen LogP contribution is -2.21. The Labute approximate surface area is 160 Å². The molecule has 0 heterocycles. The van der Waals surface area contributed by atoms with Gasteiger partial charge in [0.15, 0.2) is 6.61 Å². The van der Waals surface area contributed by atoms with Gasteiger partial charge < -0.3 is 15.4 Å². The van der Waals surface area contributed by atoms with Crippen LogP contribution in [0.1, 0.15) is 28.4 Å². The van der Waals surface area contributed by atoms with Gasteiger partial charge in [0.05, 0.1) is 10.5 Å². The normalized spacial score (nSPS) is 10.1. The molecule has 2 aromatic rings. The van der Waals surface area contributed by atoms with E-state index in [4.69, 9.17) is 4.74 Å². The molecule has 0 atom stereocenters. The molecule has 2 aromatic carbocycles. The molecule has 9 nitrogen and oxygen atoms in total. The van der Waals surface area contributed by atoms with Crippen LogP contribution in [0.5, 0.6) is 0 Å². The highest BCUT2D eigenvalue weighted by molar-refractivity contribution is 5.97. The number of nitro benzene ring substituents is 1. The van der Waals surface area contributed by atoms with E-state index in [-0.39, 0.29) is 22.8 Å². The highest BCUT2D eigenvalue weighted by Gasteiger charge is 2.18. The molecule has 0 fully saturated rings. The molecule has 2 rings (SSSR count). The van der Waals surface area contributed by atoms with Crippen molar-refractivity contribution < 1.29 is 24.0 Å². The first-order valence-corrected chi connectivity index (χ1v) is 8.27. The lowest BCUT2D eigenvalue weighted by Gasteiger charge is -2.10. The molecule has 0 bridgehead atoms. The van der Waals surface area contributed by atoms with Gasteiger partial charge in [-0.3, -0.25) is 19.7 Å². The summed E-state index contributed by atoms with van der Waals surface area (Å²) in [4.78, 5) is 45.8. The van der Waals surface area contributed by atoms with Crippen LogP contribution in [-0.4, -0.2) is 29.3 Å². The number of nitrogens with one attached hydrogen (secondary N) is 2. The number of carbonyl (C=O) groups is 3. The molecule has 0 unspecified atom stereocenters. The lowest BCUT2D eigenvalue weighted by molar-refractivity contribution is -0.384. The van der Waals surface area contributed by atoms with E-state index in [1.165, 1.54) is 31.2 Å². The number of esters is 1. The molecule has 0 aliphatic carbocycles. The zero-order valence-electron chi connectivity index (χ0n) is 15.6. The van der Waals surface area contributed by atoms with Crippen molar-refractivity contribution in [3.63, 3.8) is 0 Å². The van der Waals surface area contributed by atoms with Crippen LogP contribution in [0.25, 0.3) is 0 Å². The van der Waals surface area contributed by atoms with E-state index in [1.807, 2.05) is 0 Å². The number of aryl methyl sites for hydroxylation is 2. The molecule has 0 aliphatic heterocycles. The monoisotopic (exact) mass is 385 g/mol.